The summed E-state index contributed by atoms with van der Waals surface area (Å²) in [7, 11) is 0. The Morgan fingerprint density at radius 1 is 1.40 bits per heavy atom. The first-order valence-corrected chi connectivity index (χ1v) is 4.43. The fourth-order valence-electron chi connectivity index (χ4n) is 0.928. The van der Waals surface area contributed by atoms with Gasteiger partial charge in [0, 0.05) is 6.20 Å². The van der Waals surface area contributed by atoms with Crippen LogP contribution in [0.15, 0.2) is 12.3 Å². The fourth-order valence-corrected chi connectivity index (χ4v) is 2.10. The zero-order valence-electron chi connectivity index (χ0n) is 6.53. The maximum absolute atomic E-state index is 3.16. The molecule has 0 unspecified atom stereocenters. The van der Waals surface area contributed by atoms with E-state index >= 15 is 0 Å². The Morgan fingerprint density at radius 3 is 2.20 bits per heavy atom. The summed E-state index contributed by atoms with van der Waals surface area (Å²) in [6.45, 7) is 6.66. The molecule has 56 valence electrons. The van der Waals surface area contributed by atoms with Crippen molar-refractivity contribution in [1.29, 1.82) is 0 Å². The van der Waals surface area contributed by atoms with Gasteiger partial charge < -0.3 is 4.98 Å². The number of hydrogen-bond acceptors (Lipinski definition) is 0. The number of aromatic amines is 1. The van der Waals surface area contributed by atoms with Crippen LogP contribution >= 0.6 is 22.6 Å². The van der Waals surface area contributed by atoms with Crippen LogP contribution in [0.1, 0.15) is 26.3 Å². The molecular weight excluding hydrogens is 237 g/mol. The lowest BCUT2D eigenvalue weighted by atomic mass is 9.89. The minimum Gasteiger partial charge on any atom is -0.357 e. The monoisotopic (exact) mass is 249 g/mol. The zero-order chi connectivity index (χ0) is 7.78. The Bertz CT molecular complexity index is 219. The molecule has 0 spiro atoms. The summed E-state index contributed by atoms with van der Waals surface area (Å²) in [5.41, 5.74) is 1.67. The van der Waals surface area contributed by atoms with Gasteiger partial charge in [-0.1, -0.05) is 20.8 Å². The van der Waals surface area contributed by atoms with Gasteiger partial charge in [0.25, 0.3) is 0 Å². The van der Waals surface area contributed by atoms with E-state index in [0.29, 0.717) is 0 Å². The van der Waals surface area contributed by atoms with Gasteiger partial charge in [-0.2, -0.15) is 0 Å². The molecule has 1 nitrogen and oxygen atoms in total. The molecule has 0 aromatic carbocycles. The van der Waals surface area contributed by atoms with Crippen molar-refractivity contribution >= 4 is 22.6 Å². The third-order valence-electron chi connectivity index (χ3n) is 1.50. The molecule has 1 aromatic heterocycles. The minimum atomic E-state index is 0.274. The Balaban J connectivity index is 3.05. The quantitative estimate of drug-likeness (QED) is 0.680. The van der Waals surface area contributed by atoms with Crippen LogP contribution in [0.5, 0.6) is 0 Å². The number of nitrogens with one attached hydrogen (secondary N) is 1. The second-order valence-electron chi connectivity index (χ2n) is 3.46. The maximum atomic E-state index is 3.16. The molecule has 1 rings (SSSR count). The Morgan fingerprint density at radius 2 is 2.00 bits per heavy atom. The van der Waals surface area contributed by atoms with Gasteiger partial charge in [0.2, 0.25) is 0 Å². The van der Waals surface area contributed by atoms with E-state index < -0.39 is 0 Å². The van der Waals surface area contributed by atoms with Crippen LogP contribution < -0.4 is 0 Å². The van der Waals surface area contributed by atoms with Crippen molar-refractivity contribution in [2.24, 2.45) is 0 Å². The van der Waals surface area contributed by atoms with E-state index in [0.717, 1.165) is 0 Å². The molecule has 0 aliphatic heterocycles. The predicted molar refractivity (Wildman–Crippen MR) is 52.2 cm³/mol. The van der Waals surface area contributed by atoms with Crippen molar-refractivity contribution < 1.29 is 0 Å². The minimum absolute atomic E-state index is 0.274. The number of hydrogen-bond donors (Lipinski definition) is 1. The highest BCUT2D eigenvalue weighted by molar-refractivity contribution is 14.1. The molecule has 0 saturated carbocycles. The van der Waals surface area contributed by atoms with Crippen molar-refractivity contribution in [3.05, 3.63) is 21.5 Å². The number of aromatic nitrogens is 1. The van der Waals surface area contributed by atoms with Crippen molar-refractivity contribution in [3.63, 3.8) is 0 Å². The topological polar surface area (TPSA) is 15.8 Å². The molecule has 10 heavy (non-hydrogen) atoms. The average Bonchev–Trinajstić information content (AvgIpc) is 2.11. The van der Waals surface area contributed by atoms with Gasteiger partial charge in [-0.3, -0.25) is 0 Å². The molecule has 0 atom stereocenters. The van der Waals surface area contributed by atoms with E-state index in [4.69, 9.17) is 0 Å². The molecular formula is C8H12IN. The van der Waals surface area contributed by atoms with Crippen molar-refractivity contribution in [1.82, 2.24) is 4.98 Å². The lowest BCUT2D eigenvalue weighted by molar-refractivity contribution is 0.587. The maximum Gasteiger partial charge on any atom is 0.0809 e. The standard InChI is InChI=1S/C8H12IN/c1-8(2,3)6-4-5-10-7(6)9/h4-5,10H,1-3H3. The van der Waals surface area contributed by atoms with Crippen LogP contribution in [-0.4, -0.2) is 4.98 Å². The lowest BCUT2D eigenvalue weighted by Crippen LogP contribution is -2.11. The molecule has 1 aromatic rings. The molecule has 0 radical (unpaired) electrons. The summed E-state index contributed by atoms with van der Waals surface area (Å²) in [4.78, 5) is 3.16. The van der Waals surface area contributed by atoms with Crippen LogP contribution in [0.4, 0.5) is 0 Å². The SMILES string of the molecule is CC(C)(C)c1cc[nH]c1I. The first kappa shape index (κ1) is 8.11. The molecule has 1 heterocycles. The first-order valence-electron chi connectivity index (χ1n) is 3.35. The summed E-state index contributed by atoms with van der Waals surface area (Å²) in [6.07, 6.45) is 1.99. The van der Waals surface area contributed by atoms with Crippen LogP contribution in [0.25, 0.3) is 0 Å². The summed E-state index contributed by atoms with van der Waals surface area (Å²) in [5, 5.41) is 0. The Labute approximate surface area is 75.4 Å². The molecule has 1 N–H and O–H groups in total. The Hall–Kier alpha value is 0.01000. The van der Waals surface area contributed by atoms with Crippen molar-refractivity contribution in [2.45, 2.75) is 26.2 Å². The predicted octanol–water partition coefficient (Wildman–Crippen LogP) is 2.92. The second kappa shape index (κ2) is 2.57. The number of rotatable bonds is 0. The number of H-pyrrole nitrogens is 1. The summed E-state index contributed by atoms with van der Waals surface area (Å²) in [6, 6.07) is 2.14. The third kappa shape index (κ3) is 1.54. The van der Waals surface area contributed by atoms with Crippen LogP contribution in [0.2, 0.25) is 0 Å². The summed E-state index contributed by atoms with van der Waals surface area (Å²) < 4.78 is 1.25. The van der Waals surface area contributed by atoms with E-state index in [1.54, 1.807) is 0 Å². The normalized spacial score (nSPS) is 12.0. The first-order chi connectivity index (χ1) is 4.52. The second-order valence-corrected chi connectivity index (χ2v) is 4.53. The summed E-state index contributed by atoms with van der Waals surface area (Å²) in [5.74, 6) is 0. The van der Waals surface area contributed by atoms with Crippen molar-refractivity contribution in [2.75, 3.05) is 0 Å². The largest absolute Gasteiger partial charge is 0.357 e. The molecule has 0 bridgehead atoms. The molecule has 0 saturated heterocycles. The van der Waals surface area contributed by atoms with Gasteiger partial charge >= 0.3 is 0 Å². The average molecular weight is 249 g/mol. The lowest BCUT2D eigenvalue weighted by Gasteiger charge is -2.16. The van der Waals surface area contributed by atoms with Gasteiger partial charge in [0.15, 0.2) is 0 Å². The van der Waals surface area contributed by atoms with E-state index in [2.05, 4.69) is 54.4 Å². The highest BCUT2D eigenvalue weighted by atomic mass is 127. The third-order valence-corrected chi connectivity index (χ3v) is 2.40. The van der Waals surface area contributed by atoms with Crippen LogP contribution in [-0.2, 0) is 5.41 Å². The highest BCUT2D eigenvalue weighted by Gasteiger charge is 2.16. The summed E-state index contributed by atoms with van der Waals surface area (Å²) >= 11 is 2.33. The fraction of sp³-hybridized carbons (Fsp3) is 0.500. The molecule has 0 amide bonds. The van der Waals surface area contributed by atoms with Gasteiger partial charge in [-0.25, -0.2) is 0 Å². The van der Waals surface area contributed by atoms with Gasteiger partial charge in [0.1, 0.15) is 0 Å². The van der Waals surface area contributed by atoms with Gasteiger partial charge in [-0.05, 0) is 39.6 Å². The smallest absolute Gasteiger partial charge is 0.0809 e. The van der Waals surface area contributed by atoms with Crippen LogP contribution in [0, 0.1) is 3.70 Å². The van der Waals surface area contributed by atoms with E-state index in [1.165, 1.54) is 9.26 Å². The molecule has 2 heteroatoms. The van der Waals surface area contributed by atoms with E-state index in [9.17, 15) is 0 Å². The zero-order valence-corrected chi connectivity index (χ0v) is 8.69. The van der Waals surface area contributed by atoms with E-state index in [-0.39, 0.29) is 5.41 Å². The Kier molecular flexibility index (Phi) is 2.08. The van der Waals surface area contributed by atoms with Gasteiger partial charge in [-0.15, -0.1) is 0 Å². The highest BCUT2D eigenvalue weighted by Crippen LogP contribution is 2.25. The number of halogens is 1. The molecule has 0 aliphatic rings. The van der Waals surface area contributed by atoms with Crippen molar-refractivity contribution in [3.8, 4) is 0 Å². The van der Waals surface area contributed by atoms with Gasteiger partial charge in [0.05, 0.1) is 3.70 Å². The molecule has 0 aliphatic carbocycles. The van der Waals surface area contributed by atoms with E-state index in [1.807, 2.05) is 6.20 Å². The molecule has 0 fully saturated rings. The van der Waals surface area contributed by atoms with Crippen LogP contribution in [0.3, 0.4) is 0 Å².